The van der Waals surface area contributed by atoms with E-state index in [1.54, 1.807) is 0 Å². The molecule has 3 saturated heterocycles. The van der Waals surface area contributed by atoms with Gasteiger partial charge < -0.3 is 14.5 Å². The number of piperazine rings is 2. The van der Waals surface area contributed by atoms with Crippen molar-refractivity contribution in [2.75, 3.05) is 92.8 Å². The largest absolute Gasteiger partial charge is 0.378 e. The van der Waals surface area contributed by atoms with Gasteiger partial charge in [-0.2, -0.15) is 0 Å². The first-order valence-corrected chi connectivity index (χ1v) is 23.0. The number of carbonyl (C=O) groups excluding carboxylic acids is 1. The lowest BCUT2D eigenvalue weighted by molar-refractivity contribution is 0.0373. The zero-order chi connectivity index (χ0) is 39.7. The molecule has 0 spiro atoms. The summed E-state index contributed by atoms with van der Waals surface area (Å²) in [6.45, 7) is 16.8. The Kier molecular flexibility index (Phi) is 14.7. The summed E-state index contributed by atoms with van der Waals surface area (Å²) in [6, 6.07) is 35.7. The zero-order valence-corrected chi connectivity index (χ0v) is 36.5. The molecule has 4 aromatic carbocycles. The molecule has 0 radical (unpaired) electrons. The van der Waals surface area contributed by atoms with Crippen molar-refractivity contribution >= 4 is 42.1 Å². The van der Waals surface area contributed by atoms with E-state index in [1.165, 1.54) is 43.2 Å². The molecule has 0 saturated carbocycles. The molecule has 2 amide bonds. The summed E-state index contributed by atoms with van der Waals surface area (Å²) in [6.07, 6.45) is 0. The fourth-order valence-corrected chi connectivity index (χ4v) is 11.1. The van der Waals surface area contributed by atoms with Crippen LogP contribution >= 0.6 is 36.0 Å². The SMILES string of the molecule is CN(C)SN1CCN(Cc2cccc(SN3Cc4ccccc4C3)c2)CC1.O=C(N1CCOCC1)N1CCN(Cc2cccc(SN3Cc4ccccc4C3)c2)CC1. The van der Waals surface area contributed by atoms with Crippen molar-refractivity contribution in [1.29, 1.82) is 0 Å². The number of benzene rings is 4. The Morgan fingerprint density at radius 2 is 0.966 bits per heavy atom. The van der Waals surface area contributed by atoms with Crippen molar-refractivity contribution in [3.8, 4) is 0 Å². The predicted octanol–water partition coefficient (Wildman–Crippen LogP) is 7.23. The fraction of sp³-hybridized carbons (Fsp3) is 0.444. The lowest BCUT2D eigenvalue weighted by atomic mass is 10.1. The quantitative estimate of drug-likeness (QED) is 0.152. The summed E-state index contributed by atoms with van der Waals surface area (Å²) in [7, 11) is 4.22. The third kappa shape index (κ3) is 11.6. The normalized spacial score (nSPS) is 19.6. The first kappa shape index (κ1) is 41.6. The van der Waals surface area contributed by atoms with Crippen molar-refractivity contribution in [2.24, 2.45) is 0 Å². The molecule has 0 aliphatic carbocycles. The van der Waals surface area contributed by atoms with Crippen molar-refractivity contribution in [3.05, 3.63) is 130 Å². The van der Waals surface area contributed by atoms with Crippen LogP contribution in [-0.2, 0) is 44.0 Å². The molecule has 0 bridgehead atoms. The molecule has 3 fully saturated rings. The topological polar surface area (TPSA) is 52.2 Å². The number of nitrogens with zero attached hydrogens (tertiary/aromatic N) is 8. The Hall–Kier alpha value is -3.08. The van der Waals surface area contributed by atoms with E-state index in [2.05, 4.69) is 138 Å². The van der Waals surface area contributed by atoms with Gasteiger partial charge >= 0.3 is 6.03 Å². The third-order valence-corrected chi connectivity index (χ3v) is 14.1. The van der Waals surface area contributed by atoms with E-state index in [0.29, 0.717) is 26.3 Å². The van der Waals surface area contributed by atoms with Crippen molar-refractivity contribution in [1.82, 2.24) is 36.8 Å². The van der Waals surface area contributed by atoms with Gasteiger partial charge in [0.15, 0.2) is 0 Å². The summed E-state index contributed by atoms with van der Waals surface area (Å²) >= 11 is 5.57. The molecule has 5 aliphatic rings. The Bertz CT molecular complexity index is 1900. The number of hydrogen-bond acceptors (Lipinski definition) is 11. The minimum Gasteiger partial charge on any atom is -0.378 e. The molecule has 0 unspecified atom stereocenters. The standard InChI is InChI=1S/C24H30N4O2S.C21H28N4S2/c29-24(27-12-14-30-15-13-27)26-10-8-25(9-11-26)17-20-4-3-7-23(16-20)31-28-18-21-5-1-2-6-22(21)19-28;1-22(2)27-24-12-10-23(11-13-24)15-18-6-5-9-21(14-18)26-25-16-19-7-3-4-8-20(19)17-25/h1-7,16H,8-15,17-19H2;3-9,14H,10-13,15-17H2,1-2H3. The van der Waals surface area contributed by atoms with Crippen molar-refractivity contribution < 1.29 is 9.53 Å². The second-order valence-electron chi connectivity index (χ2n) is 15.9. The van der Waals surface area contributed by atoms with Gasteiger partial charge in [0, 0.05) is 127 Å². The van der Waals surface area contributed by atoms with Gasteiger partial charge in [-0.3, -0.25) is 9.80 Å². The zero-order valence-electron chi connectivity index (χ0n) is 34.1. The summed E-state index contributed by atoms with van der Waals surface area (Å²) in [5.41, 5.74) is 8.58. The summed E-state index contributed by atoms with van der Waals surface area (Å²) in [5.74, 6) is 0. The van der Waals surface area contributed by atoms with Gasteiger partial charge in [0.1, 0.15) is 0 Å². The highest BCUT2D eigenvalue weighted by Gasteiger charge is 2.27. The summed E-state index contributed by atoms with van der Waals surface area (Å²) in [5, 5.41) is 0. The number of ether oxygens (including phenoxy) is 1. The van der Waals surface area contributed by atoms with Crippen molar-refractivity contribution in [2.45, 2.75) is 49.1 Å². The minimum absolute atomic E-state index is 0.174. The number of morpholine rings is 1. The van der Waals surface area contributed by atoms with Crippen LogP contribution in [0.15, 0.2) is 107 Å². The molecule has 10 nitrogen and oxygen atoms in total. The number of urea groups is 1. The van der Waals surface area contributed by atoms with Crippen LogP contribution in [-0.4, -0.2) is 136 Å². The summed E-state index contributed by atoms with van der Waals surface area (Å²) in [4.78, 5) is 24.3. The second kappa shape index (κ2) is 20.5. The van der Waals surface area contributed by atoms with Gasteiger partial charge in [-0.1, -0.05) is 72.8 Å². The van der Waals surface area contributed by atoms with E-state index >= 15 is 0 Å². The maximum Gasteiger partial charge on any atom is 0.320 e. The molecule has 0 N–H and O–H groups in total. The van der Waals surface area contributed by atoms with Crippen LogP contribution in [0.2, 0.25) is 0 Å². The van der Waals surface area contributed by atoms with Gasteiger partial charge in [-0.05, 0) is 95.6 Å². The van der Waals surface area contributed by atoms with E-state index in [9.17, 15) is 4.79 Å². The maximum absolute atomic E-state index is 12.7. The van der Waals surface area contributed by atoms with Crippen LogP contribution < -0.4 is 0 Å². The van der Waals surface area contributed by atoms with E-state index in [1.807, 2.05) is 45.8 Å². The molecular formula is C45H58N8O2S3. The average molecular weight is 839 g/mol. The van der Waals surface area contributed by atoms with E-state index in [4.69, 9.17) is 4.74 Å². The third-order valence-electron chi connectivity index (χ3n) is 11.2. The maximum atomic E-state index is 12.7. The Morgan fingerprint density at radius 1 is 0.534 bits per heavy atom. The van der Waals surface area contributed by atoms with Crippen LogP contribution in [0.5, 0.6) is 0 Å². The Labute approximate surface area is 359 Å². The smallest absolute Gasteiger partial charge is 0.320 e. The van der Waals surface area contributed by atoms with Crippen LogP contribution in [0, 0.1) is 0 Å². The number of amides is 2. The molecule has 308 valence electrons. The fourth-order valence-electron chi connectivity index (χ4n) is 8.20. The number of fused-ring (bicyclic) bond motifs is 2. The van der Waals surface area contributed by atoms with Crippen molar-refractivity contribution in [3.63, 3.8) is 0 Å². The highest BCUT2D eigenvalue weighted by molar-refractivity contribution is 7.97. The molecule has 9 rings (SSSR count). The van der Waals surface area contributed by atoms with Gasteiger partial charge in [-0.25, -0.2) is 22.0 Å². The predicted molar refractivity (Wildman–Crippen MR) is 239 cm³/mol. The lowest BCUT2D eigenvalue weighted by Gasteiger charge is -2.38. The first-order chi connectivity index (χ1) is 28.4. The highest BCUT2D eigenvalue weighted by Crippen LogP contribution is 2.34. The van der Waals surface area contributed by atoms with E-state index < -0.39 is 0 Å². The highest BCUT2D eigenvalue weighted by atomic mass is 32.2. The van der Waals surface area contributed by atoms with Gasteiger partial charge in [0.05, 0.1) is 13.2 Å². The van der Waals surface area contributed by atoms with E-state index in [0.717, 1.165) is 91.6 Å². The number of hydrogen-bond donors (Lipinski definition) is 0. The summed E-state index contributed by atoms with van der Waals surface area (Å²) < 4.78 is 14.9. The second-order valence-corrected chi connectivity index (χ2v) is 19.6. The monoisotopic (exact) mass is 838 g/mol. The molecular weight excluding hydrogens is 781 g/mol. The molecule has 13 heteroatoms. The Morgan fingerprint density at radius 3 is 1.41 bits per heavy atom. The average Bonchev–Trinajstić information content (AvgIpc) is 3.85. The molecule has 5 aliphatic heterocycles. The molecule has 4 aromatic rings. The lowest BCUT2D eigenvalue weighted by Crippen LogP contribution is -2.54. The van der Waals surface area contributed by atoms with Gasteiger partial charge in [0.2, 0.25) is 0 Å². The van der Waals surface area contributed by atoms with Crippen LogP contribution in [0.3, 0.4) is 0 Å². The molecule has 58 heavy (non-hydrogen) atoms. The van der Waals surface area contributed by atoms with Crippen LogP contribution in [0.1, 0.15) is 33.4 Å². The minimum atomic E-state index is 0.174. The van der Waals surface area contributed by atoms with E-state index in [-0.39, 0.29) is 6.03 Å². The Balaban J connectivity index is 0.000000164. The molecule has 0 aromatic heterocycles. The van der Waals surface area contributed by atoms with Gasteiger partial charge in [-0.15, -0.1) is 0 Å². The van der Waals surface area contributed by atoms with Gasteiger partial charge in [0.25, 0.3) is 0 Å². The number of rotatable bonds is 10. The number of carbonyl (C=O) groups is 1. The van der Waals surface area contributed by atoms with Crippen LogP contribution in [0.25, 0.3) is 0 Å². The van der Waals surface area contributed by atoms with Crippen LogP contribution in [0.4, 0.5) is 4.79 Å². The first-order valence-electron chi connectivity index (χ1n) is 20.7. The molecule has 5 heterocycles. The molecule has 0 atom stereocenters.